The molecule has 0 aliphatic heterocycles. The van der Waals surface area contributed by atoms with Gasteiger partial charge in [-0.25, -0.2) is 0 Å². The Kier molecular flexibility index (Phi) is 5.11. The van der Waals surface area contributed by atoms with Crippen molar-refractivity contribution in [3.63, 3.8) is 0 Å². The van der Waals surface area contributed by atoms with E-state index in [0.29, 0.717) is 24.9 Å². The highest BCUT2D eigenvalue weighted by atomic mass is 19.4. The molecule has 0 aromatic heterocycles. The first kappa shape index (κ1) is 16.1. The molecule has 0 radical (unpaired) electrons. The molecule has 0 heterocycles. The maximum atomic E-state index is 13.2. The predicted molar refractivity (Wildman–Crippen MR) is 76.4 cm³/mol. The van der Waals surface area contributed by atoms with Gasteiger partial charge in [0, 0.05) is 25.4 Å². The zero-order chi connectivity index (χ0) is 15.5. The zero-order valence-electron chi connectivity index (χ0n) is 12.1. The summed E-state index contributed by atoms with van der Waals surface area (Å²) >= 11 is 0. The number of rotatable bonds is 7. The molecule has 1 aliphatic rings. The molecule has 0 amide bonds. The van der Waals surface area contributed by atoms with E-state index in [0.717, 1.165) is 12.8 Å². The molecule has 2 N–H and O–H groups in total. The van der Waals surface area contributed by atoms with Gasteiger partial charge in [-0.2, -0.15) is 13.2 Å². The third kappa shape index (κ3) is 4.11. The van der Waals surface area contributed by atoms with Crippen LogP contribution in [0.4, 0.5) is 18.9 Å². The average Bonchev–Trinajstić information content (AvgIpc) is 3.24. The highest BCUT2D eigenvalue weighted by Crippen LogP contribution is 2.37. The molecular weight excluding hydrogens is 281 g/mol. The van der Waals surface area contributed by atoms with Gasteiger partial charge in [-0.15, -0.1) is 0 Å². The Morgan fingerprint density at radius 3 is 2.57 bits per heavy atom. The van der Waals surface area contributed by atoms with Crippen LogP contribution < -0.4 is 10.6 Å². The van der Waals surface area contributed by atoms with E-state index in [2.05, 4.69) is 0 Å². The molecule has 1 saturated carbocycles. The third-order valence-corrected chi connectivity index (χ3v) is 3.67. The smallest absolute Gasteiger partial charge is 0.383 e. The van der Waals surface area contributed by atoms with Crippen molar-refractivity contribution in [3.8, 4) is 0 Å². The van der Waals surface area contributed by atoms with Gasteiger partial charge in [0.25, 0.3) is 0 Å². The van der Waals surface area contributed by atoms with Gasteiger partial charge in [-0.05, 0) is 43.5 Å². The van der Waals surface area contributed by atoms with Gasteiger partial charge >= 0.3 is 6.18 Å². The van der Waals surface area contributed by atoms with Crippen LogP contribution in [0.25, 0.3) is 0 Å². The lowest BCUT2D eigenvalue weighted by Gasteiger charge is -2.26. The average molecular weight is 302 g/mol. The number of hydrogen-bond acceptors (Lipinski definition) is 3. The number of alkyl halides is 3. The lowest BCUT2D eigenvalue weighted by atomic mass is 10.0. The monoisotopic (exact) mass is 302 g/mol. The number of nitrogens with two attached hydrogens (primary N) is 1. The minimum absolute atomic E-state index is 0.207. The van der Waals surface area contributed by atoms with E-state index >= 15 is 0 Å². The molecule has 0 spiro atoms. The SMILES string of the molecule is COCCN(c1ccc(CCN)c(C(F)(F)F)c1)C1CC1. The molecule has 2 rings (SSSR count). The van der Waals surface area contributed by atoms with Crippen LogP contribution in [0.15, 0.2) is 18.2 Å². The van der Waals surface area contributed by atoms with E-state index < -0.39 is 11.7 Å². The molecule has 6 heteroatoms. The number of benzene rings is 1. The second kappa shape index (κ2) is 6.66. The first-order valence-corrected chi connectivity index (χ1v) is 7.13. The van der Waals surface area contributed by atoms with E-state index in [4.69, 9.17) is 10.5 Å². The van der Waals surface area contributed by atoms with Gasteiger partial charge in [0.05, 0.1) is 12.2 Å². The summed E-state index contributed by atoms with van der Waals surface area (Å²) in [6.45, 7) is 1.32. The lowest BCUT2D eigenvalue weighted by Crippen LogP contribution is -2.29. The van der Waals surface area contributed by atoms with Crippen LogP contribution in [0.2, 0.25) is 0 Å². The van der Waals surface area contributed by atoms with Crippen molar-refractivity contribution in [2.45, 2.75) is 31.5 Å². The fourth-order valence-electron chi connectivity index (χ4n) is 2.48. The van der Waals surface area contributed by atoms with Crippen molar-refractivity contribution in [1.82, 2.24) is 0 Å². The molecule has 21 heavy (non-hydrogen) atoms. The first-order valence-electron chi connectivity index (χ1n) is 7.13. The van der Waals surface area contributed by atoms with Crippen LogP contribution in [-0.4, -0.2) is 32.8 Å². The summed E-state index contributed by atoms with van der Waals surface area (Å²) in [5.74, 6) is 0. The minimum Gasteiger partial charge on any atom is -0.383 e. The van der Waals surface area contributed by atoms with Crippen molar-refractivity contribution < 1.29 is 17.9 Å². The molecule has 1 aromatic rings. The largest absolute Gasteiger partial charge is 0.416 e. The summed E-state index contributed by atoms with van der Waals surface area (Å²) in [4.78, 5) is 2.00. The summed E-state index contributed by atoms with van der Waals surface area (Å²) in [5, 5.41) is 0. The number of anilines is 1. The van der Waals surface area contributed by atoms with Crippen molar-refractivity contribution in [2.24, 2.45) is 5.73 Å². The van der Waals surface area contributed by atoms with Crippen molar-refractivity contribution in [1.29, 1.82) is 0 Å². The topological polar surface area (TPSA) is 38.5 Å². The molecule has 118 valence electrons. The lowest BCUT2D eigenvalue weighted by molar-refractivity contribution is -0.138. The van der Waals surface area contributed by atoms with E-state index in [9.17, 15) is 13.2 Å². The molecule has 0 saturated heterocycles. The summed E-state index contributed by atoms with van der Waals surface area (Å²) < 4.78 is 44.7. The Bertz CT molecular complexity index is 472. The number of methoxy groups -OCH3 is 1. The Balaban J connectivity index is 2.30. The van der Waals surface area contributed by atoms with Gasteiger partial charge < -0.3 is 15.4 Å². The van der Waals surface area contributed by atoms with Crippen molar-refractivity contribution in [3.05, 3.63) is 29.3 Å². The van der Waals surface area contributed by atoms with E-state index in [1.807, 2.05) is 4.90 Å². The Morgan fingerprint density at radius 2 is 2.05 bits per heavy atom. The highest BCUT2D eigenvalue weighted by molar-refractivity contribution is 5.53. The first-order chi connectivity index (χ1) is 9.97. The molecule has 1 aromatic carbocycles. The van der Waals surface area contributed by atoms with Crippen LogP contribution >= 0.6 is 0 Å². The van der Waals surface area contributed by atoms with Crippen LogP contribution in [0.3, 0.4) is 0 Å². The van der Waals surface area contributed by atoms with Crippen LogP contribution in [0.1, 0.15) is 24.0 Å². The Hall–Kier alpha value is -1.27. The fraction of sp³-hybridized carbons (Fsp3) is 0.600. The van der Waals surface area contributed by atoms with Crippen LogP contribution in [0, 0.1) is 0 Å². The third-order valence-electron chi connectivity index (χ3n) is 3.67. The second-order valence-electron chi connectivity index (χ2n) is 5.30. The van der Waals surface area contributed by atoms with Gasteiger partial charge in [0.15, 0.2) is 0 Å². The predicted octanol–water partition coefficient (Wildman–Crippen LogP) is 2.82. The van der Waals surface area contributed by atoms with Crippen molar-refractivity contribution in [2.75, 3.05) is 31.7 Å². The minimum atomic E-state index is -4.35. The number of nitrogens with zero attached hydrogens (tertiary/aromatic N) is 1. The van der Waals surface area contributed by atoms with E-state index in [-0.39, 0.29) is 18.5 Å². The number of ether oxygens (including phenoxy) is 1. The summed E-state index contributed by atoms with van der Waals surface area (Å²) in [6.07, 6.45) is -2.07. The maximum Gasteiger partial charge on any atom is 0.416 e. The second-order valence-corrected chi connectivity index (χ2v) is 5.30. The Labute approximate surface area is 122 Å². The maximum absolute atomic E-state index is 13.2. The van der Waals surface area contributed by atoms with E-state index in [1.54, 1.807) is 19.2 Å². The summed E-state index contributed by atoms with van der Waals surface area (Å²) in [6, 6.07) is 4.89. The van der Waals surface area contributed by atoms with Gasteiger partial charge in [0.2, 0.25) is 0 Å². The van der Waals surface area contributed by atoms with Crippen molar-refractivity contribution >= 4 is 5.69 Å². The van der Waals surface area contributed by atoms with Gasteiger partial charge in [-0.3, -0.25) is 0 Å². The molecule has 0 unspecified atom stereocenters. The molecule has 1 fully saturated rings. The van der Waals surface area contributed by atoms with Gasteiger partial charge in [-0.1, -0.05) is 6.07 Å². The Morgan fingerprint density at radius 1 is 1.33 bits per heavy atom. The zero-order valence-corrected chi connectivity index (χ0v) is 12.1. The van der Waals surface area contributed by atoms with E-state index in [1.165, 1.54) is 6.07 Å². The standard InChI is InChI=1S/C15H21F3N2O/c1-21-9-8-20(12-4-5-12)13-3-2-11(6-7-19)14(10-13)15(16,17)18/h2-3,10,12H,4-9,19H2,1H3. The normalized spacial score (nSPS) is 15.3. The molecular formula is C15H21F3N2O. The molecule has 0 bridgehead atoms. The quantitative estimate of drug-likeness (QED) is 0.842. The number of hydrogen-bond donors (Lipinski definition) is 1. The molecule has 1 aliphatic carbocycles. The summed E-state index contributed by atoms with van der Waals surface area (Å²) in [5.41, 5.74) is 5.70. The highest BCUT2D eigenvalue weighted by Gasteiger charge is 2.35. The summed E-state index contributed by atoms with van der Waals surface area (Å²) in [7, 11) is 1.59. The van der Waals surface area contributed by atoms with Crippen LogP contribution in [0.5, 0.6) is 0 Å². The molecule has 3 nitrogen and oxygen atoms in total. The van der Waals surface area contributed by atoms with Gasteiger partial charge in [0.1, 0.15) is 0 Å². The fourth-order valence-corrected chi connectivity index (χ4v) is 2.48. The molecule has 0 atom stereocenters. The van der Waals surface area contributed by atoms with Crippen LogP contribution in [-0.2, 0) is 17.3 Å². The number of halogens is 3.